The second-order valence-electron chi connectivity index (χ2n) is 6.28. The van der Waals surface area contributed by atoms with Crippen molar-refractivity contribution < 1.29 is 13.3 Å². The highest BCUT2D eigenvalue weighted by Gasteiger charge is 2.66. The van der Waals surface area contributed by atoms with Gasteiger partial charge in [0.05, 0.1) is 0 Å². The average molecular weight is 323 g/mol. The van der Waals surface area contributed by atoms with Gasteiger partial charge in [-0.25, -0.2) is 0 Å². The first-order valence-electron chi connectivity index (χ1n) is 7.62. The fraction of sp³-hybridized carbons (Fsp3) is 1.00. The van der Waals surface area contributed by atoms with Gasteiger partial charge in [-0.2, -0.15) is 0 Å². The first kappa shape index (κ1) is 23.3. The third-order valence-corrected chi connectivity index (χ3v) is 9.13. The number of hydrogen-bond donors (Lipinski definition) is 2. The average Bonchev–Trinajstić information content (AvgIpc) is 2.38. The van der Waals surface area contributed by atoms with E-state index in [2.05, 4.69) is 41.5 Å². The van der Waals surface area contributed by atoms with Crippen molar-refractivity contribution in [3.05, 3.63) is 0 Å². The molecule has 21 heavy (non-hydrogen) atoms. The number of nitrogens with two attached hydrogens (primary N) is 1. The summed E-state index contributed by atoms with van der Waals surface area (Å²) in [5, 5.41) is -0.200. The van der Waals surface area contributed by atoms with Crippen LogP contribution in [0.1, 0.15) is 48.0 Å². The van der Waals surface area contributed by atoms with Gasteiger partial charge in [-0.15, -0.1) is 0 Å². The summed E-state index contributed by atoms with van der Waals surface area (Å²) in [6, 6.07) is 0.0668. The zero-order chi connectivity index (χ0) is 16.1. The van der Waals surface area contributed by atoms with Crippen LogP contribution in [0.2, 0.25) is 5.04 Å². The van der Waals surface area contributed by atoms with E-state index >= 15 is 0 Å². The van der Waals surface area contributed by atoms with E-state index in [0.717, 1.165) is 6.42 Å². The Kier molecular flexibility index (Phi) is 10.2. The van der Waals surface area contributed by atoms with Crippen molar-refractivity contribution in [3.63, 3.8) is 0 Å². The Bertz CT molecular complexity index is 266. The van der Waals surface area contributed by atoms with Crippen LogP contribution in [0.25, 0.3) is 0 Å². The third-order valence-electron chi connectivity index (χ3n) is 4.94. The third kappa shape index (κ3) is 3.68. The van der Waals surface area contributed by atoms with Crippen LogP contribution in [-0.4, -0.2) is 36.2 Å². The second kappa shape index (κ2) is 9.22. The van der Waals surface area contributed by atoms with Crippen LogP contribution in [0, 0.1) is 17.8 Å². The molecule has 0 rings (SSSR count). The molecule has 0 aromatic rings. The molecular weight excluding hydrogens is 284 g/mol. The minimum atomic E-state index is -2.85. The summed E-state index contributed by atoms with van der Waals surface area (Å²) in [5.41, 5.74) is 6.33. The highest BCUT2D eigenvalue weighted by molar-refractivity contribution is 6.64. The maximum Gasteiger partial charge on any atom is 0.507 e. The summed E-state index contributed by atoms with van der Waals surface area (Å²) in [4.78, 5) is 0. The van der Waals surface area contributed by atoms with Crippen molar-refractivity contribution in [2.75, 3.05) is 21.3 Å². The van der Waals surface area contributed by atoms with E-state index in [4.69, 9.17) is 19.0 Å². The fourth-order valence-corrected chi connectivity index (χ4v) is 8.28. The van der Waals surface area contributed by atoms with Crippen LogP contribution in [0.3, 0.4) is 0 Å². The molecule has 0 spiro atoms. The van der Waals surface area contributed by atoms with Gasteiger partial charge in [0.2, 0.25) is 0 Å². The van der Waals surface area contributed by atoms with Crippen LogP contribution in [0.4, 0.5) is 0 Å². The summed E-state index contributed by atoms with van der Waals surface area (Å²) >= 11 is 0. The Balaban J connectivity index is 0. The van der Waals surface area contributed by atoms with E-state index in [-0.39, 0.29) is 23.1 Å². The van der Waals surface area contributed by atoms with Gasteiger partial charge in [0.1, 0.15) is 0 Å². The molecule has 0 heterocycles. The van der Waals surface area contributed by atoms with E-state index in [0.29, 0.717) is 11.8 Å². The fourth-order valence-electron chi connectivity index (χ4n) is 4.38. The van der Waals surface area contributed by atoms with Crippen molar-refractivity contribution in [1.29, 1.82) is 0 Å². The lowest BCUT2D eigenvalue weighted by atomic mass is 9.71. The molecule has 0 saturated carbocycles. The van der Waals surface area contributed by atoms with Crippen molar-refractivity contribution in [2.45, 2.75) is 59.0 Å². The van der Waals surface area contributed by atoms with Crippen molar-refractivity contribution in [1.82, 2.24) is 6.15 Å². The monoisotopic (exact) mass is 322 g/mol. The molecule has 0 aromatic heterocycles. The van der Waals surface area contributed by atoms with Gasteiger partial charge in [-0.3, -0.25) is 0 Å². The lowest BCUT2D eigenvalue weighted by Crippen LogP contribution is -2.63. The quantitative estimate of drug-likeness (QED) is 0.635. The topological polar surface area (TPSA) is 88.7 Å². The van der Waals surface area contributed by atoms with E-state index in [1.54, 1.807) is 21.3 Å². The van der Waals surface area contributed by atoms with Gasteiger partial charge >= 0.3 is 8.80 Å². The SMILES string of the molecule is CCC(C(C)N)C(C(C)C)(C(C)C)[Si](OC)(OC)OC.N. The van der Waals surface area contributed by atoms with Gasteiger partial charge < -0.3 is 25.2 Å². The molecule has 0 aliphatic rings. The molecule has 0 aromatic carbocycles. The Morgan fingerprint density at radius 1 is 0.905 bits per heavy atom. The molecule has 0 aliphatic heterocycles. The maximum atomic E-state index is 6.33. The summed E-state index contributed by atoms with van der Waals surface area (Å²) in [6.07, 6.45) is 0.985. The lowest BCUT2D eigenvalue weighted by molar-refractivity contribution is 0.0243. The van der Waals surface area contributed by atoms with Crippen molar-refractivity contribution in [3.8, 4) is 0 Å². The standard InChI is InChI=1S/C15H35NO3Si.H3N/c1-10-14(13(6)16)15(11(2)3,12(4)5)20(17-7,18-8)19-9;/h11-14H,10,16H2,1-9H3;1H3. The Labute approximate surface area is 132 Å². The molecule has 0 saturated heterocycles. The summed E-state index contributed by atoms with van der Waals surface area (Å²) in [5.74, 6) is 0.990. The molecule has 2 atom stereocenters. The minimum Gasteiger partial charge on any atom is -0.376 e. The van der Waals surface area contributed by atoms with Gasteiger partial charge in [-0.1, -0.05) is 41.0 Å². The Morgan fingerprint density at radius 3 is 1.38 bits per heavy atom. The molecule has 0 fully saturated rings. The molecular formula is C15H38N2O3Si. The molecule has 5 nitrogen and oxygen atoms in total. The first-order chi connectivity index (χ1) is 9.21. The molecule has 0 amide bonds. The highest BCUT2D eigenvalue weighted by Crippen LogP contribution is 2.59. The van der Waals surface area contributed by atoms with E-state index in [9.17, 15) is 0 Å². The molecule has 2 unspecified atom stereocenters. The second-order valence-corrected chi connectivity index (χ2v) is 9.49. The molecule has 6 heteroatoms. The van der Waals surface area contributed by atoms with E-state index in [1.165, 1.54) is 0 Å². The van der Waals surface area contributed by atoms with E-state index in [1.807, 2.05) is 0 Å². The van der Waals surface area contributed by atoms with Gasteiger partial charge in [0.15, 0.2) is 0 Å². The normalized spacial score (nSPS) is 16.0. The highest BCUT2D eigenvalue weighted by atomic mass is 28.4. The van der Waals surface area contributed by atoms with E-state index < -0.39 is 8.80 Å². The van der Waals surface area contributed by atoms with Crippen molar-refractivity contribution >= 4 is 8.80 Å². The zero-order valence-electron chi connectivity index (χ0n) is 15.5. The maximum absolute atomic E-state index is 6.33. The first-order valence-corrected chi connectivity index (χ1v) is 9.35. The molecule has 130 valence electrons. The van der Waals surface area contributed by atoms with Gasteiger partial charge in [0.25, 0.3) is 0 Å². The molecule has 0 bridgehead atoms. The van der Waals surface area contributed by atoms with Gasteiger partial charge in [-0.05, 0) is 24.7 Å². The Morgan fingerprint density at radius 2 is 1.24 bits per heavy atom. The molecule has 0 radical (unpaired) electrons. The van der Waals surface area contributed by atoms with Crippen LogP contribution >= 0.6 is 0 Å². The van der Waals surface area contributed by atoms with Gasteiger partial charge in [0, 0.05) is 32.4 Å². The number of hydrogen-bond acceptors (Lipinski definition) is 5. The smallest absolute Gasteiger partial charge is 0.376 e. The predicted molar refractivity (Wildman–Crippen MR) is 91.6 cm³/mol. The van der Waals surface area contributed by atoms with Crippen LogP contribution in [0.5, 0.6) is 0 Å². The van der Waals surface area contributed by atoms with Crippen LogP contribution in [-0.2, 0) is 13.3 Å². The summed E-state index contributed by atoms with van der Waals surface area (Å²) in [7, 11) is 2.25. The lowest BCUT2D eigenvalue weighted by Gasteiger charge is -2.54. The predicted octanol–water partition coefficient (Wildman–Crippen LogP) is 3.45. The summed E-state index contributed by atoms with van der Waals surface area (Å²) in [6.45, 7) is 13.2. The summed E-state index contributed by atoms with van der Waals surface area (Å²) < 4.78 is 17.7. The minimum absolute atomic E-state index is 0. The van der Waals surface area contributed by atoms with Crippen LogP contribution in [0.15, 0.2) is 0 Å². The molecule has 5 N–H and O–H groups in total. The zero-order valence-corrected chi connectivity index (χ0v) is 16.5. The largest absolute Gasteiger partial charge is 0.507 e. The van der Waals surface area contributed by atoms with Crippen molar-refractivity contribution in [2.24, 2.45) is 23.5 Å². The number of rotatable bonds is 9. The van der Waals surface area contributed by atoms with Crippen LogP contribution < -0.4 is 11.9 Å². The Hall–Kier alpha value is 0.0169. The molecule has 0 aliphatic carbocycles.